The number of aromatic carboxylic acids is 1. The van der Waals surface area contributed by atoms with Gasteiger partial charge in [0.15, 0.2) is 0 Å². The summed E-state index contributed by atoms with van der Waals surface area (Å²) in [6.45, 7) is 1.69. The Balaban J connectivity index is 3.32. The Kier molecular flexibility index (Phi) is 4.84. The molecule has 0 unspecified atom stereocenters. The van der Waals surface area contributed by atoms with Crippen LogP contribution in [0.3, 0.4) is 0 Å². The van der Waals surface area contributed by atoms with Crippen LogP contribution in [0.5, 0.6) is 0 Å². The predicted molar refractivity (Wildman–Crippen MR) is 71.1 cm³/mol. The molecule has 0 spiro atoms. The van der Waals surface area contributed by atoms with Crippen molar-refractivity contribution in [3.8, 4) is 0 Å². The highest BCUT2D eigenvalue weighted by Crippen LogP contribution is 2.32. The number of carbonyl (C=O) groups is 1. The van der Waals surface area contributed by atoms with Gasteiger partial charge in [-0.2, -0.15) is 0 Å². The molecule has 100 valence electrons. The minimum atomic E-state index is -3.64. The smallest absolute Gasteiger partial charge is 0.339 e. The summed E-state index contributed by atoms with van der Waals surface area (Å²) in [5, 5.41) is 8.92. The van der Waals surface area contributed by atoms with E-state index < -0.39 is 16.0 Å². The number of carboxylic acid groups (broad SMARTS) is 1. The van der Waals surface area contributed by atoms with E-state index in [2.05, 4.69) is 4.72 Å². The fourth-order valence-electron chi connectivity index (χ4n) is 1.34. The molecule has 0 aliphatic carbocycles. The topological polar surface area (TPSA) is 83.5 Å². The molecule has 1 aromatic rings. The van der Waals surface area contributed by atoms with Crippen molar-refractivity contribution >= 4 is 44.9 Å². The highest BCUT2D eigenvalue weighted by Gasteiger charge is 2.21. The van der Waals surface area contributed by atoms with Crippen molar-refractivity contribution in [2.45, 2.75) is 13.3 Å². The van der Waals surface area contributed by atoms with Gasteiger partial charge in [0.05, 0.1) is 21.5 Å². The summed E-state index contributed by atoms with van der Waals surface area (Å²) in [7, 11) is -3.64. The first-order valence-corrected chi connectivity index (χ1v) is 7.41. The Morgan fingerprint density at radius 2 is 1.89 bits per heavy atom. The standard InChI is InChI=1S/C10H11Cl2NO4S/c1-2-5-18(16,17)13-9-7(12)4-3-6(11)8(9)10(14)15/h3-4,13H,2,5H2,1H3,(H,14,15). The molecule has 0 atom stereocenters. The van der Waals surface area contributed by atoms with Crippen molar-refractivity contribution in [1.82, 2.24) is 0 Å². The molecule has 5 nitrogen and oxygen atoms in total. The monoisotopic (exact) mass is 311 g/mol. The van der Waals surface area contributed by atoms with Gasteiger partial charge < -0.3 is 5.11 Å². The van der Waals surface area contributed by atoms with Gasteiger partial charge in [-0.05, 0) is 18.6 Å². The number of rotatable bonds is 5. The third-order valence-corrected chi connectivity index (χ3v) is 4.14. The van der Waals surface area contributed by atoms with Crippen LogP contribution >= 0.6 is 23.2 Å². The molecule has 0 saturated carbocycles. The zero-order chi connectivity index (χ0) is 13.9. The summed E-state index contributed by atoms with van der Waals surface area (Å²) in [6, 6.07) is 2.63. The van der Waals surface area contributed by atoms with Gasteiger partial charge in [-0.1, -0.05) is 30.1 Å². The highest BCUT2D eigenvalue weighted by atomic mass is 35.5. The number of carboxylic acids is 1. The molecule has 0 amide bonds. The van der Waals surface area contributed by atoms with E-state index in [9.17, 15) is 13.2 Å². The lowest BCUT2D eigenvalue weighted by Crippen LogP contribution is -2.18. The molecule has 0 bridgehead atoms. The van der Waals surface area contributed by atoms with Crippen molar-refractivity contribution in [2.24, 2.45) is 0 Å². The number of hydrogen-bond donors (Lipinski definition) is 2. The minimum absolute atomic E-state index is 0.0171. The van der Waals surface area contributed by atoms with E-state index in [1.54, 1.807) is 6.92 Å². The van der Waals surface area contributed by atoms with Gasteiger partial charge in [0.25, 0.3) is 0 Å². The Morgan fingerprint density at radius 1 is 1.33 bits per heavy atom. The number of sulfonamides is 1. The van der Waals surface area contributed by atoms with Crippen LogP contribution in [0.25, 0.3) is 0 Å². The Morgan fingerprint density at radius 3 is 2.39 bits per heavy atom. The van der Waals surface area contributed by atoms with Crippen molar-refractivity contribution in [3.05, 3.63) is 27.7 Å². The molecule has 0 aliphatic rings. The van der Waals surface area contributed by atoms with Gasteiger partial charge in [0.2, 0.25) is 10.0 Å². The van der Waals surface area contributed by atoms with Gasteiger partial charge in [-0.25, -0.2) is 13.2 Å². The Hall–Kier alpha value is -0.980. The number of halogens is 2. The molecule has 18 heavy (non-hydrogen) atoms. The lowest BCUT2D eigenvalue weighted by atomic mass is 10.2. The first kappa shape index (κ1) is 15.1. The highest BCUT2D eigenvalue weighted by molar-refractivity contribution is 7.92. The Labute approximate surface area is 115 Å². The van der Waals surface area contributed by atoms with Crippen molar-refractivity contribution < 1.29 is 18.3 Å². The second kappa shape index (κ2) is 5.77. The molecule has 0 radical (unpaired) electrons. The van der Waals surface area contributed by atoms with E-state index in [1.165, 1.54) is 12.1 Å². The van der Waals surface area contributed by atoms with E-state index in [4.69, 9.17) is 28.3 Å². The summed E-state index contributed by atoms with van der Waals surface area (Å²) in [6.07, 6.45) is 0.399. The lowest BCUT2D eigenvalue weighted by Gasteiger charge is -2.12. The van der Waals surface area contributed by atoms with Crippen LogP contribution in [0.2, 0.25) is 10.0 Å². The maximum atomic E-state index is 11.6. The van der Waals surface area contributed by atoms with Crippen molar-refractivity contribution in [3.63, 3.8) is 0 Å². The molecule has 1 rings (SSSR count). The van der Waals surface area contributed by atoms with Gasteiger partial charge >= 0.3 is 5.97 Å². The molecule has 1 aromatic carbocycles. The minimum Gasteiger partial charge on any atom is -0.478 e. The van der Waals surface area contributed by atoms with Gasteiger partial charge in [0, 0.05) is 0 Å². The third-order valence-electron chi connectivity index (χ3n) is 2.05. The van der Waals surface area contributed by atoms with E-state index in [-0.39, 0.29) is 27.0 Å². The average Bonchev–Trinajstić information content (AvgIpc) is 2.22. The number of hydrogen-bond acceptors (Lipinski definition) is 3. The van der Waals surface area contributed by atoms with Crippen molar-refractivity contribution in [1.29, 1.82) is 0 Å². The van der Waals surface area contributed by atoms with E-state index in [0.717, 1.165) is 0 Å². The summed E-state index contributed by atoms with van der Waals surface area (Å²) >= 11 is 11.5. The first-order valence-electron chi connectivity index (χ1n) is 5.00. The van der Waals surface area contributed by atoms with Crippen molar-refractivity contribution in [2.75, 3.05) is 10.5 Å². The van der Waals surface area contributed by atoms with Gasteiger partial charge in [-0.3, -0.25) is 4.72 Å². The maximum Gasteiger partial charge on any atom is 0.339 e. The van der Waals surface area contributed by atoms with Crippen LogP contribution in [0.1, 0.15) is 23.7 Å². The molecule has 8 heteroatoms. The average molecular weight is 312 g/mol. The summed E-state index contributed by atoms with van der Waals surface area (Å²) < 4.78 is 25.4. The number of nitrogens with one attached hydrogen (secondary N) is 1. The summed E-state index contributed by atoms with van der Waals surface area (Å²) in [5.74, 6) is -1.48. The zero-order valence-corrected chi connectivity index (χ0v) is 11.7. The van der Waals surface area contributed by atoms with Gasteiger partial charge in [0.1, 0.15) is 5.56 Å². The zero-order valence-electron chi connectivity index (χ0n) is 9.41. The van der Waals surface area contributed by atoms with Crippen LogP contribution < -0.4 is 4.72 Å². The second-order valence-corrected chi connectivity index (χ2v) is 6.16. The lowest BCUT2D eigenvalue weighted by molar-refractivity contribution is 0.0698. The van der Waals surface area contributed by atoms with Crippen LogP contribution in [-0.4, -0.2) is 25.2 Å². The summed E-state index contributed by atoms with van der Waals surface area (Å²) in [4.78, 5) is 11.1. The van der Waals surface area contributed by atoms with Crippen LogP contribution in [0.15, 0.2) is 12.1 Å². The largest absolute Gasteiger partial charge is 0.478 e. The second-order valence-electron chi connectivity index (χ2n) is 3.51. The van der Waals surface area contributed by atoms with Crippen LogP contribution in [-0.2, 0) is 10.0 Å². The first-order chi connectivity index (χ1) is 8.28. The molecule has 0 fully saturated rings. The van der Waals surface area contributed by atoms with Crippen LogP contribution in [0.4, 0.5) is 5.69 Å². The SMILES string of the molecule is CCCS(=O)(=O)Nc1c(Cl)ccc(Cl)c1C(=O)O. The quantitative estimate of drug-likeness (QED) is 0.875. The fraction of sp³-hybridized carbons (Fsp3) is 0.300. The third kappa shape index (κ3) is 3.51. The maximum absolute atomic E-state index is 11.6. The normalized spacial score (nSPS) is 11.3. The molecular formula is C10H11Cl2NO4S. The van der Waals surface area contributed by atoms with Crippen LogP contribution in [0, 0.1) is 0 Å². The molecule has 0 aliphatic heterocycles. The fourth-order valence-corrected chi connectivity index (χ4v) is 3.00. The molecule has 0 saturated heterocycles. The molecule has 2 N–H and O–H groups in total. The molecular weight excluding hydrogens is 301 g/mol. The number of benzene rings is 1. The predicted octanol–water partition coefficient (Wildman–Crippen LogP) is 2.84. The number of anilines is 1. The van der Waals surface area contributed by atoms with E-state index in [0.29, 0.717) is 6.42 Å². The Bertz CT molecular complexity index is 571. The van der Waals surface area contributed by atoms with E-state index in [1.807, 2.05) is 0 Å². The van der Waals surface area contributed by atoms with E-state index >= 15 is 0 Å². The molecule has 0 heterocycles. The molecule has 0 aromatic heterocycles. The summed E-state index contributed by atoms with van der Waals surface area (Å²) in [5.41, 5.74) is -0.561. The van der Waals surface area contributed by atoms with Gasteiger partial charge in [-0.15, -0.1) is 0 Å².